The SMILES string of the molecule is COc1cccc(O)c1-c1ccccc1O. The Morgan fingerprint density at radius 1 is 0.875 bits per heavy atom. The van der Waals surface area contributed by atoms with E-state index >= 15 is 0 Å². The summed E-state index contributed by atoms with van der Waals surface area (Å²) < 4.78 is 5.16. The number of rotatable bonds is 2. The summed E-state index contributed by atoms with van der Waals surface area (Å²) in [4.78, 5) is 0. The molecule has 0 saturated carbocycles. The molecule has 3 nitrogen and oxygen atoms in total. The summed E-state index contributed by atoms with van der Waals surface area (Å²) >= 11 is 0. The Kier molecular flexibility index (Phi) is 2.68. The maximum absolute atomic E-state index is 9.81. The number of phenols is 2. The molecule has 0 amide bonds. The van der Waals surface area contributed by atoms with Crippen molar-refractivity contribution < 1.29 is 14.9 Å². The molecule has 0 atom stereocenters. The summed E-state index contributed by atoms with van der Waals surface area (Å²) in [5.41, 5.74) is 1.06. The number of aromatic hydroxyl groups is 2. The lowest BCUT2D eigenvalue weighted by atomic mass is 10.0. The fraction of sp³-hybridized carbons (Fsp3) is 0.0769. The number of hydrogen-bond acceptors (Lipinski definition) is 3. The molecule has 82 valence electrons. The van der Waals surface area contributed by atoms with Crippen molar-refractivity contribution >= 4 is 0 Å². The monoisotopic (exact) mass is 216 g/mol. The summed E-state index contributed by atoms with van der Waals surface area (Å²) in [5, 5.41) is 19.6. The largest absolute Gasteiger partial charge is 0.507 e. The van der Waals surface area contributed by atoms with Gasteiger partial charge in [-0.3, -0.25) is 0 Å². The summed E-state index contributed by atoms with van der Waals surface area (Å²) in [7, 11) is 1.53. The first kappa shape index (κ1) is 10.4. The van der Waals surface area contributed by atoms with E-state index in [-0.39, 0.29) is 11.5 Å². The molecule has 2 rings (SSSR count). The van der Waals surface area contributed by atoms with Gasteiger partial charge in [-0.25, -0.2) is 0 Å². The number of ether oxygens (including phenoxy) is 1. The second-order valence-corrected chi connectivity index (χ2v) is 3.37. The second kappa shape index (κ2) is 4.14. The van der Waals surface area contributed by atoms with Crippen molar-refractivity contribution in [3.8, 4) is 28.4 Å². The highest BCUT2D eigenvalue weighted by molar-refractivity contribution is 5.80. The fourth-order valence-electron chi connectivity index (χ4n) is 1.65. The molecule has 0 bridgehead atoms. The molecular formula is C13H12O3. The molecule has 0 aliphatic rings. The van der Waals surface area contributed by atoms with Crippen LogP contribution in [0.1, 0.15) is 0 Å². The lowest BCUT2D eigenvalue weighted by Crippen LogP contribution is -1.88. The molecule has 2 aromatic carbocycles. The zero-order valence-electron chi connectivity index (χ0n) is 8.84. The van der Waals surface area contributed by atoms with Crippen molar-refractivity contribution in [2.45, 2.75) is 0 Å². The molecule has 0 aliphatic heterocycles. The Labute approximate surface area is 93.6 Å². The fourth-order valence-corrected chi connectivity index (χ4v) is 1.65. The normalized spacial score (nSPS) is 10.1. The maximum atomic E-state index is 9.81. The molecule has 2 N–H and O–H groups in total. The van der Waals surface area contributed by atoms with Gasteiger partial charge < -0.3 is 14.9 Å². The van der Waals surface area contributed by atoms with Crippen molar-refractivity contribution in [2.75, 3.05) is 7.11 Å². The quantitative estimate of drug-likeness (QED) is 0.811. The molecule has 0 fully saturated rings. The lowest BCUT2D eigenvalue weighted by molar-refractivity contribution is 0.409. The maximum Gasteiger partial charge on any atom is 0.130 e. The highest BCUT2D eigenvalue weighted by Crippen LogP contribution is 2.41. The van der Waals surface area contributed by atoms with Gasteiger partial charge in [0.1, 0.15) is 17.2 Å². The Morgan fingerprint density at radius 2 is 1.56 bits per heavy atom. The first-order valence-corrected chi connectivity index (χ1v) is 4.88. The Bertz CT molecular complexity index is 506. The van der Waals surface area contributed by atoms with Gasteiger partial charge in [-0.2, -0.15) is 0 Å². The Morgan fingerprint density at radius 3 is 2.25 bits per heavy atom. The molecular weight excluding hydrogens is 204 g/mol. The molecule has 0 spiro atoms. The third kappa shape index (κ3) is 1.67. The summed E-state index contributed by atoms with van der Waals surface area (Å²) in [6.45, 7) is 0. The van der Waals surface area contributed by atoms with Gasteiger partial charge in [0.2, 0.25) is 0 Å². The van der Waals surface area contributed by atoms with Gasteiger partial charge in [0, 0.05) is 5.56 Å². The van der Waals surface area contributed by atoms with Gasteiger partial charge in [0.25, 0.3) is 0 Å². The highest BCUT2D eigenvalue weighted by Gasteiger charge is 2.13. The minimum atomic E-state index is 0.0841. The molecule has 2 aromatic rings. The molecule has 0 saturated heterocycles. The van der Waals surface area contributed by atoms with E-state index in [1.807, 2.05) is 0 Å². The van der Waals surface area contributed by atoms with Crippen molar-refractivity contribution in [3.63, 3.8) is 0 Å². The summed E-state index contributed by atoms with van der Waals surface area (Å²) in [6.07, 6.45) is 0. The molecule has 3 heteroatoms. The molecule has 16 heavy (non-hydrogen) atoms. The van der Waals surface area contributed by atoms with Crippen LogP contribution in [0.5, 0.6) is 17.2 Å². The average Bonchev–Trinajstić information content (AvgIpc) is 2.30. The Balaban J connectivity index is 2.68. The van der Waals surface area contributed by atoms with Crippen LogP contribution < -0.4 is 4.74 Å². The minimum absolute atomic E-state index is 0.0841. The molecule has 0 aromatic heterocycles. The van der Waals surface area contributed by atoms with Crippen LogP contribution in [0.15, 0.2) is 42.5 Å². The third-order valence-corrected chi connectivity index (χ3v) is 2.40. The van der Waals surface area contributed by atoms with Crippen LogP contribution in [0.25, 0.3) is 11.1 Å². The van der Waals surface area contributed by atoms with Crippen LogP contribution in [0.3, 0.4) is 0 Å². The molecule has 0 aliphatic carbocycles. The van der Waals surface area contributed by atoms with Gasteiger partial charge >= 0.3 is 0 Å². The van der Waals surface area contributed by atoms with Crippen molar-refractivity contribution in [1.82, 2.24) is 0 Å². The molecule has 0 unspecified atom stereocenters. The number of para-hydroxylation sites is 1. The van der Waals surface area contributed by atoms with Gasteiger partial charge in [-0.15, -0.1) is 0 Å². The second-order valence-electron chi connectivity index (χ2n) is 3.37. The van der Waals surface area contributed by atoms with Crippen LogP contribution in [-0.2, 0) is 0 Å². The van der Waals surface area contributed by atoms with E-state index in [0.717, 1.165) is 0 Å². The zero-order valence-corrected chi connectivity index (χ0v) is 8.84. The topological polar surface area (TPSA) is 49.7 Å². The van der Waals surface area contributed by atoms with Crippen LogP contribution in [0.2, 0.25) is 0 Å². The van der Waals surface area contributed by atoms with E-state index in [2.05, 4.69) is 0 Å². The van der Waals surface area contributed by atoms with Crippen LogP contribution in [-0.4, -0.2) is 17.3 Å². The standard InChI is InChI=1S/C13H12O3/c1-16-12-8-4-7-11(15)13(12)9-5-2-3-6-10(9)14/h2-8,14-15H,1H3. The highest BCUT2D eigenvalue weighted by atomic mass is 16.5. The van der Waals surface area contributed by atoms with E-state index < -0.39 is 0 Å². The van der Waals surface area contributed by atoms with E-state index in [1.54, 1.807) is 42.5 Å². The average molecular weight is 216 g/mol. The van der Waals surface area contributed by atoms with E-state index in [1.165, 1.54) is 7.11 Å². The third-order valence-electron chi connectivity index (χ3n) is 2.40. The lowest BCUT2D eigenvalue weighted by Gasteiger charge is -2.11. The zero-order chi connectivity index (χ0) is 11.5. The van der Waals surface area contributed by atoms with Crippen molar-refractivity contribution in [3.05, 3.63) is 42.5 Å². The number of hydrogen-bond donors (Lipinski definition) is 2. The van der Waals surface area contributed by atoms with Crippen LogP contribution in [0, 0.1) is 0 Å². The first-order valence-electron chi connectivity index (χ1n) is 4.88. The van der Waals surface area contributed by atoms with E-state index in [0.29, 0.717) is 16.9 Å². The van der Waals surface area contributed by atoms with Gasteiger partial charge in [0.05, 0.1) is 12.7 Å². The molecule has 0 heterocycles. The summed E-state index contributed by atoms with van der Waals surface area (Å²) in [5.74, 6) is 0.727. The van der Waals surface area contributed by atoms with Crippen molar-refractivity contribution in [2.24, 2.45) is 0 Å². The predicted octanol–water partition coefficient (Wildman–Crippen LogP) is 2.77. The van der Waals surface area contributed by atoms with Crippen molar-refractivity contribution in [1.29, 1.82) is 0 Å². The Hall–Kier alpha value is -2.16. The van der Waals surface area contributed by atoms with Crippen LogP contribution >= 0.6 is 0 Å². The van der Waals surface area contributed by atoms with Gasteiger partial charge in [0.15, 0.2) is 0 Å². The van der Waals surface area contributed by atoms with Crippen LogP contribution in [0.4, 0.5) is 0 Å². The predicted molar refractivity (Wildman–Crippen MR) is 61.8 cm³/mol. The van der Waals surface area contributed by atoms with E-state index in [9.17, 15) is 10.2 Å². The first-order chi connectivity index (χ1) is 7.74. The molecule has 0 radical (unpaired) electrons. The number of phenolic OH excluding ortho intramolecular Hbond substituents is 2. The minimum Gasteiger partial charge on any atom is -0.507 e. The number of benzene rings is 2. The summed E-state index contributed by atoms with van der Waals surface area (Å²) in [6, 6.07) is 11.8. The smallest absolute Gasteiger partial charge is 0.130 e. The van der Waals surface area contributed by atoms with Gasteiger partial charge in [-0.1, -0.05) is 24.3 Å². The van der Waals surface area contributed by atoms with Gasteiger partial charge in [-0.05, 0) is 18.2 Å². The number of methoxy groups -OCH3 is 1. The van der Waals surface area contributed by atoms with E-state index in [4.69, 9.17) is 4.74 Å².